The minimum atomic E-state index is -0.400. The SMILES string of the molecule is O=C(CN1C(=O)c2ccc3c4c(ccc(c24)C1=O)CC3)NCc1ccccc1. The molecule has 0 saturated heterocycles. The van der Waals surface area contributed by atoms with Crippen LogP contribution in [-0.4, -0.2) is 29.2 Å². The van der Waals surface area contributed by atoms with Crippen molar-refractivity contribution in [2.75, 3.05) is 6.54 Å². The van der Waals surface area contributed by atoms with Gasteiger partial charge in [-0.1, -0.05) is 42.5 Å². The average Bonchev–Trinajstić information content (AvgIpc) is 3.15. The van der Waals surface area contributed by atoms with E-state index in [1.807, 2.05) is 42.5 Å². The van der Waals surface area contributed by atoms with Crippen LogP contribution in [0.1, 0.15) is 37.4 Å². The van der Waals surface area contributed by atoms with Gasteiger partial charge in [0.25, 0.3) is 11.8 Å². The third kappa shape index (κ3) is 2.51. The van der Waals surface area contributed by atoms with Crippen LogP contribution < -0.4 is 5.32 Å². The van der Waals surface area contributed by atoms with Gasteiger partial charge in [-0.15, -0.1) is 0 Å². The zero-order valence-electron chi connectivity index (χ0n) is 15.2. The first-order chi connectivity index (χ1) is 13.6. The fourth-order valence-corrected chi connectivity index (χ4v) is 4.21. The van der Waals surface area contributed by atoms with Crippen LogP contribution >= 0.6 is 0 Å². The number of amides is 3. The normalized spacial score (nSPS) is 14.6. The van der Waals surface area contributed by atoms with Crippen molar-refractivity contribution in [2.45, 2.75) is 19.4 Å². The third-order valence-electron chi connectivity index (χ3n) is 5.58. The van der Waals surface area contributed by atoms with Gasteiger partial charge in [0.1, 0.15) is 6.54 Å². The minimum absolute atomic E-state index is 0.283. The summed E-state index contributed by atoms with van der Waals surface area (Å²) in [6, 6.07) is 17.0. The maximum Gasteiger partial charge on any atom is 0.261 e. The van der Waals surface area contributed by atoms with E-state index in [2.05, 4.69) is 5.32 Å². The van der Waals surface area contributed by atoms with Gasteiger partial charge < -0.3 is 5.32 Å². The number of rotatable bonds is 4. The number of hydrogen-bond acceptors (Lipinski definition) is 3. The van der Waals surface area contributed by atoms with Crippen molar-refractivity contribution in [2.24, 2.45) is 0 Å². The van der Waals surface area contributed by atoms with Crippen LogP contribution in [0.2, 0.25) is 0 Å². The van der Waals surface area contributed by atoms with E-state index >= 15 is 0 Å². The molecule has 138 valence electrons. The Hall–Kier alpha value is -3.47. The van der Waals surface area contributed by atoms with Crippen molar-refractivity contribution >= 4 is 28.5 Å². The molecule has 0 saturated carbocycles. The molecule has 0 atom stereocenters. The molecule has 3 amide bonds. The predicted molar refractivity (Wildman–Crippen MR) is 105 cm³/mol. The summed E-state index contributed by atoms with van der Waals surface area (Å²) in [5.41, 5.74) is 4.34. The number of nitrogens with one attached hydrogen (secondary N) is 1. The minimum Gasteiger partial charge on any atom is -0.350 e. The fourth-order valence-electron chi connectivity index (χ4n) is 4.21. The van der Waals surface area contributed by atoms with E-state index in [1.54, 1.807) is 12.1 Å². The molecule has 5 heteroatoms. The van der Waals surface area contributed by atoms with Crippen LogP contribution in [0.5, 0.6) is 0 Å². The number of carbonyl (C=O) groups is 3. The van der Waals surface area contributed by atoms with Crippen molar-refractivity contribution in [1.82, 2.24) is 10.2 Å². The zero-order chi connectivity index (χ0) is 19.3. The molecule has 28 heavy (non-hydrogen) atoms. The summed E-state index contributed by atoms with van der Waals surface area (Å²) >= 11 is 0. The molecule has 1 heterocycles. The molecule has 3 aromatic carbocycles. The van der Waals surface area contributed by atoms with Gasteiger partial charge in [-0.25, -0.2) is 0 Å². The van der Waals surface area contributed by atoms with Gasteiger partial charge in [-0.3, -0.25) is 19.3 Å². The highest BCUT2D eigenvalue weighted by Gasteiger charge is 2.35. The third-order valence-corrected chi connectivity index (χ3v) is 5.58. The second-order valence-electron chi connectivity index (χ2n) is 7.25. The molecule has 3 aromatic rings. The summed E-state index contributed by atoms with van der Waals surface area (Å²) in [6.07, 6.45) is 1.87. The molecule has 1 aliphatic carbocycles. The second kappa shape index (κ2) is 6.30. The van der Waals surface area contributed by atoms with E-state index in [0.29, 0.717) is 17.7 Å². The lowest BCUT2D eigenvalue weighted by atomic mass is 9.91. The molecule has 0 spiro atoms. The molecule has 0 unspecified atom stereocenters. The molecular formula is C23H18N2O3. The summed E-state index contributed by atoms with van der Waals surface area (Å²) in [5, 5.41) is 4.58. The van der Waals surface area contributed by atoms with Crippen LogP contribution in [0.25, 0.3) is 10.8 Å². The number of aryl methyl sites for hydroxylation is 2. The van der Waals surface area contributed by atoms with E-state index in [9.17, 15) is 14.4 Å². The Labute approximate surface area is 162 Å². The van der Waals surface area contributed by atoms with E-state index in [4.69, 9.17) is 0 Å². The molecule has 0 bridgehead atoms. The average molecular weight is 370 g/mol. The Bertz CT molecular complexity index is 1090. The lowest BCUT2D eigenvalue weighted by Crippen LogP contribution is -2.46. The molecule has 0 aromatic heterocycles. The van der Waals surface area contributed by atoms with Crippen LogP contribution in [0, 0.1) is 0 Å². The van der Waals surface area contributed by atoms with Crippen molar-refractivity contribution in [3.8, 4) is 0 Å². The molecular weight excluding hydrogens is 352 g/mol. The highest BCUT2D eigenvalue weighted by atomic mass is 16.2. The van der Waals surface area contributed by atoms with E-state index in [-0.39, 0.29) is 12.5 Å². The van der Waals surface area contributed by atoms with Crippen molar-refractivity contribution < 1.29 is 14.4 Å². The van der Waals surface area contributed by atoms with Gasteiger partial charge in [-0.2, -0.15) is 0 Å². The molecule has 0 radical (unpaired) electrons. The molecule has 5 nitrogen and oxygen atoms in total. The fraction of sp³-hybridized carbons (Fsp3) is 0.174. The highest BCUT2D eigenvalue weighted by molar-refractivity contribution is 6.27. The standard InChI is InChI=1S/C23H18N2O3/c26-19(24-12-14-4-2-1-3-5-14)13-25-22(27)17-10-8-15-6-7-16-9-11-18(23(25)28)21(17)20(15)16/h1-5,8-11H,6-7,12-13H2,(H,24,26). The summed E-state index contributed by atoms with van der Waals surface area (Å²) in [4.78, 5) is 39.4. The number of benzene rings is 3. The van der Waals surface area contributed by atoms with E-state index in [1.165, 1.54) is 11.1 Å². The number of hydrogen-bond donors (Lipinski definition) is 1. The van der Waals surface area contributed by atoms with Gasteiger partial charge >= 0.3 is 0 Å². The maximum absolute atomic E-state index is 13.0. The smallest absolute Gasteiger partial charge is 0.261 e. The maximum atomic E-state index is 13.0. The van der Waals surface area contributed by atoms with Crippen molar-refractivity contribution in [3.63, 3.8) is 0 Å². The lowest BCUT2D eigenvalue weighted by Gasteiger charge is -2.27. The first kappa shape index (κ1) is 16.7. The zero-order valence-corrected chi connectivity index (χ0v) is 15.2. The van der Waals surface area contributed by atoms with E-state index in [0.717, 1.165) is 34.1 Å². The Kier molecular flexibility index (Phi) is 3.76. The first-order valence-corrected chi connectivity index (χ1v) is 9.38. The van der Waals surface area contributed by atoms with Gasteiger partial charge in [0.15, 0.2) is 0 Å². The number of imide groups is 1. The summed E-state index contributed by atoms with van der Waals surface area (Å²) in [5.74, 6) is -1.16. The van der Waals surface area contributed by atoms with Crippen LogP contribution in [0.4, 0.5) is 0 Å². The van der Waals surface area contributed by atoms with Crippen molar-refractivity contribution in [3.05, 3.63) is 82.4 Å². The Morgan fingerprint density at radius 1 is 0.821 bits per heavy atom. The summed E-state index contributed by atoms with van der Waals surface area (Å²) < 4.78 is 0. The Morgan fingerprint density at radius 3 is 2.04 bits per heavy atom. The van der Waals surface area contributed by atoms with E-state index < -0.39 is 11.8 Å². The molecule has 1 N–H and O–H groups in total. The molecule has 5 rings (SSSR count). The lowest BCUT2D eigenvalue weighted by molar-refractivity contribution is -0.121. The topological polar surface area (TPSA) is 66.5 Å². The van der Waals surface area contributed by atoms with Gasteiger partial charge in [-0.05, 0) is 47.1 Å². The summed E-state index contributed by atoms with van der Waals surface area (Å²) in [7, 11) is 0. The van der Waals surface area contributed by atoms with Crippen LogP contribution in [0.3, 0.4) is 0 Å². The van der Waals surface area contributed by atoms with Gasteiger partial charge in [0, 0.05) is 23.1 Å². The predicted octanol–water partition coefficient (Wildman–Crippen LogP) is 2.85. The first-order valence-electron chi connectivity index (χ1n) is 9.38. The Balaban J connectivity index is 1.42. The number of nitrogens with zero attached hydrogens (tertiary/aromatic N) is 1. The van der Waals surface area contributed by atoms with Crippen LogP contribution in [0.15, 0.2) is 54.6 Å². The quantitative estimate of drug-likeness (QED) is 0.718. The number of carbonyl (C=O) groups excluding carboxylic acids is 3. The molecule has 0 fully saturated rings. The van der Waals surface area contributed by atoms with Gasteiger partial charge in [0.2, 0.25) is 5.91 Å². The summed E-state index contributed by atoms with van der Waals surface area (Å²) in [6.45, 7) is 0.0731. The molecule has 1 aliphatic heterocycles. The highest BCUT2D eigenvalue weighted by Crippen LogP contribution is 2.38. The Morgan fingerprint density at radius 2 is 1.43 bits per heavy atom. The monoisotopic (exact) mass is 370 g/mol. The van der Waals surface area contributed by atoms with Crippen molar-refractivity contribution in [1.29, 1.82) is 0 Å². The van der Waals surface area contributed by atoms with Crippen LogP contribution in [-0.2, 0) is 24.2 Å². The van der Waals surface area contributed by atoms with Gasteiger partial charge in [0.05, 0.1) is 0 Å². The second-order valence-corrected chi connectivity index (χ2v) is 7.25. The molecule has 2 aliphatic rings. The largest absolute Gasteiger partial charge is 0.350 e.